The molecule has 0 aliphatic rings. The van der Waals surface area contributed by atoms with Gasteiger partial charge in [0.25, 0.3) is 0 Å². The molecule has 2 radical (unpaired) electrons. The zero-order valence-electron chi connectivity index (χ0n) is 4.74. The highest BCUT2D eigenvalue weighted by Gasteiger charge is 1.86. The van der Waals surface area contributed by atoms with Crippen molar-refractivity contribution in [1.29, 1.82) is 0 Å². The van der Waals surface area contributed by atoms with Crippen LogP contribution in [0.5, 0.6) is 0 Å². The van der Waals surface area contributed by atoms with Gasteiger partial charge < -0.3 is 0 Å². The van der Waals surface area contributed by atoms with E-state index in [1.807, 2.05) is 0 Å². The Morgan fingerprint density at radius 1 is 1.56 bits per heavy atom. The molecule has 0 atom stereocenters. The van der Waals surface area contributed by atoms with Crippen molar-refractivity contribution in [3.05, 3.63) is 24.0 Å². The van der Waals surface area contributed by atoms with Gasteiger partial charge in [0.1, 0.15) is 13.5 Å². The van der Waals surface area contributed by atoms with Gasteiger partial charge in [-0.3, -0.25) is 9.78 Å². The van der Waals surface area contributed by atoms with Crippen molar-refractivity contribution in [2.24, 2.45) is 0 Å². The van der Waals surface area contributed by atoms with Crippen molar-refractivity contribution in [3.8, 4) is 0 Å². The van der Waals surface area contributed by atoms with Crippen LogP contribution < -0.4 is 5.46 Å². The molecule has 0 unspecified atom stereocenters. The van der Waals surface area contributed by atoms with Crippen LogP contribution in [0.4, 0.5) is 0 Å². The average Bonchev–Trinajstić information content (AvgIpc) is 1.90. The van der Waals surface area contributed by atoms with Gasteiger partial charge in [0.2, 0.25) is 0 Å². The SMILES string of the molecule is [B]c1ccc(C=O)nc1. The normalized spacial score (nSPS) is 8.89. The maximum absolute atomic E-state index is 10.0. The van der Waals surface area contributed by atoms with E-state index in [-0.39, 0.29) is 0 Å². The quantitative estimate of drug-likeness (QED) is 0.373. The molecule has 42 valence electrons. The molecule has 0 saturated carbocycles. The Bertz CT molecular complexity index is 207. The van der Waals surface area contributed by atoms with Crippen molar-refractivity contribution in [3.63, 3.8) is 0 Å². The summed E-state index contributed by atoms with van der Waals surface area (Å²) in [5.41, 5.74) is 0.977. The minimum absolute atomic E-state index is 0.407. The van der Waals surface area contributed by atoms with Crippen molar-refractivity contribution >= 4 is 19.6 Å². The fourth-order valence-electron chi connectivity index (χ4n) is 0.486. The fourth-order valence-corrected chi connectivity index (χ4v) is 0.486. The molecule has 3 heteroatoms. The van der Waals surface area contributed by atoms with Crippen LogP contribution in [0.2, 0.25) is 0 Å². The molecule has 0 fully saturated rings. The fraction of sp³-hybridized carbons (Fsp3) is 0. The third-order valence-corrected chi connectivity index (χ3v) is 0.930. The Morgan fingerprint density at radius 3 is 2.78 bits per heavy atom. The number of nitrogens with zero attached hydrogens (tertiary/aromatic N) is 1. The molecule has 2 nitrogen and oxygen atoms in total. The van der Waals surface area contributed by atoms with Crippen LogP contribution in [0, 0.1) is 0 Å². The van der Waals surface area contributed by atoms with Gasteiger partial charge in [0.05, 0.1) is 0 Å². The molecule has 0 bridgehead atoms. The van der Waals surface area contributed by atoms with E-state index in [9.17, 15) is 4.79 Å². The van der Waals surface area contributed by atoms with Gasteiger partial charge in [-0.2, -0.15) is 0 Å². The lowest BCUT2D eigenvalue weighted by Crippen LogP contribution is -2.02. The van der Waals surface area contributed by atoms with E-state index in [1.54, 1.807) is 12.1 Å². The summed E-state index contributed by atoms with van der Waals surface area (Å²) in [6, 6.07) is 3.21. The predicted molar refractivity (Wildman–Crippen MR) is 35.0 cm³/mol. The highest BCUT2D eigenvalue weighted by Crippen LogP contribution is 1.83. The number of carbonyl (C=O) groups is 1. The van der Waals surface area contributed by atoms with E-state index >= 15 is 0 Å². The first-order valence-electron chi connectivity index (χ1n) is 2.49. The van der Waals surface area contributed by atoms with Gasteiger partial charge in [-0.25, -0.2) is 0 Å². The molecule has 0 spiro atoms. The Morgan fingerprint density at radius 2 is 2.33 bits per heavy atom. The van der Waals surface area contributed by atoms with Gasteiger partial charge in [-0.05, 0) is 6.07 Å². The molecular formula is C6H4BNO. The molecule has 9 heavy (non-hydrogen) atoms. The van der Waals surface area contributed by atoms with Crippen LogP contribution >= 0.6 is 0 Å². The number of hydrogen-bond donors (Lipinski definition) is 0. The number of aromatic nitrogens is 1. The molecular weight excluding hydrogens is 113 g/mol. The monoisotopic (exact) mass is 117 g/mol. The van der Waals surface area contributed by atoms with E-state index in [0.717, 1.165) is 0 Å². The minimum Gasteiger partial charge on any atom is -0.296 e. The zero-order chi connectivity index (χ0) is 6.69. The molecule has 0 aliphatic heterocycles. The molecule has 1 aromatic heterocycles. The first-order valence-corrected chi connectivity index (χ1v) is 2.49. The number of aldehydes is 1. The highest BCUT2D eigenvalue weighted by atomic mass is 16.1. The molecule has 1 aromatic rings. The third-order valence-electron chi connectivity index (χ3n) is 0.930. The van der Waals surface area contributed by atoms with Gasteiger partial charge in [0.15, 0.2) is 6.29 Å². The molecule has 0 N–H and O–H groups in total. The second kappa shape index (κ2) is 2.44. The molecule has 1 heterocycles. The van der Waals surface area contributed by atoms with E-state index < -0.39 is 0 Å². The summed E-state index contributed by atoms with van der Waals surface area (Å²) in [7, 11) is 5.30. The first-order chi connectivity index (χ1) is 4.33. The molecule has 1 rings (SSSR count). The van der Waals surface area contributed by atoms with Crippen molar-refractivity contribution < 1.29 is 4.79 Å². The second-order valence-electron chi connectivity index (χ2n) is 1.63. The number of pyridine rings is 1. The largest absolute Gasteiger partial charge is 0.296 e. The summed E-state index contributed by atoms with van der Waals surface area (Å²) in [6.45, 7) is 0. The smallest absolute Gasteiger partial charge is 0.168 e. The lowest BCUT2D eigenvalue weighted by atomic mass is 9.99. The highest BCUT2D eigenvalue weighted by molar-refractivity contribution is 6.32. The van der Waals surface area contributed by atoms with E-state index in [1.165, 1.54) is 6.20 Å². The topological polar surface area (TPSA) is 30.0 Å². The summed E-state index contributed by atoms with van der Waals surface area (Å²) < 4.78 is 0. The number of carbonyl (C=O) groups excluding carboxylic acids is 1. The summed E-state index contributed by atoms with van der Waals surface area (Å²) in [4.78, 5) is 13.7. The van der Waals surface area contributed by atoms with Gasteiger partial charge in [-0.1, -0.05) is 11.5 Å². The van der Waals surface area contributed by atoms with Gasteiger partial charge >= 0.3 is 0 Å². The summed E-state index contributed by atoms with van der Waals surface area (Å²) >= 11 is 0. The average molecular weight is 117 g/mol. The second-order valence-corrected chi connectivity index (χ2v) is 1.63. The molecule has 0 saturated heterocycles. The Balaban J connectivity index is 3.01. The summed E-state index contributed by atoms with van der Waals surface area (Å²) in [5, 5.41) is 0. The zero-order valence-corrected chi connectivity index (χ0v) is 4.74. The Kier molecular flexibility index (Phi) is 1.63. The summed E-state index contributed by atoms with van der Waals surface area (Å²) in [6.07, 6.45) is 2.13. The van der Waals surface area contributed by atoms with Crippen LogP contribution in [-0.4, -0.2) is 19.1 Å². The maximum Gasteiger partial charge on any atom is 0.168 e. The van der Waals surface area contributed by atoms with Crippen molar-refractivity contribution in [2.45, 2.75) is 0 Å². The molecule has 0 aliphatic carbocycles. The third kappa shape index (κ3) is 1.39. The van der Waals surface area contributed by atoms with Crippen molar-refractivity contribution in [2.75, 3.05) is 0 Å². The standard InChI is InChI=1S/C6H4BNO/c7-5-1-2-6(4-9)8-3-5/h1-4H. The lowest BCUT2D eigenvalue weighted by Gasteiger charge is -1.88. The van der Waals surface area contributed by atoms with Gasteiger partial charge in [-0.15, -0.1) is 0 Å². The van der Waals surface area contributed by atoms with E-state index in [0.29, 0.717) is 17.4 Å². The van der Waals surface area contributed by atoms with Gasteiger partial charge in [0, 0.05) is 6.20 Å². The van der Waals surface area contributed by atoms with Crippen molar-refractivity contribution in [1.82, 2.24) is 4.98 Å². The van der Waals surface area contributed by atoms with Crippen LogP contribution in [-0.2, 0) is 0 Å². The van der Waals surface area contributed by atoms with Crippen LogP contribution in [0.25, 0.3) is 0 Å². The Labute approximate surface area is 54.3 Å². The first kappa shape index (κ1) is 6.01. The molecule has 0 amide bonds. The molecule has 0 aromatic carbocycles. The summed E-state index contributed by atoms with van der Waals surface area (Å²) in [5.74, 6) is 0. The van der Waals surface area contributed by atoms with Crippen LogP contribution in [0.15, 0.2) is 18.3 Å². The number of hydrogen-bond acceptors (Lipinski definition) is 2. The predicted octanol–water partition coefficient (Wildman–Crippen LogP) is -0.312. The number of rotatable bonds is 1. The maximum atomic E-state index is 10.0. The van der Waals surface area contributed by atoms with E-state index in [4.69, 9.17) is 7.85 Å². The Hall–Kier alpha value is -1.12. The van der Waals surface area contributed by atoms with Crippen LogP contribution in [0.3, 0.4) is 0 Å². The lowest BCUT2D eigenvalue weighted by molar-refractivity contribution is 0.111. The minimum atomic E-state index is 0.407. The van der Waals surface area contributed by atoms with E-state index in [2.05, 4.69) is 4.98 Å². The van der Waals surface area contributed by atoms with Crippen LogP contribution in [0.1, 0.15) is 10.5 Å².